The first-order valence-electron chi connectivity index (χ1n) is 10.5. The van der Waals surface area contributed by atoms with Crippen molar-refractivity contribution in [1.82, 2.24) is 10.3 Å². The van der Waals surface area contributed by atoms with Crippen molar-refractivity contribution in [3.8, 4) is 0 Å². The number of hydrogen-bond donors (Lipinski definition) is 4. The van der Waals surface area contributed by atoms with Crippen LogP contribution in [0.4, 0.5) is 15.8 Å². The Kier molecular flexibility index (Phi) is 6.16. The Morgan fingerprint density at radius 2 is 2.13 bits per heavy atom. The van der Waals surface area contributed by atoms with Crippen molar-refractivity contribution in [2.24, 2.45) is 16.6 Å². The van der Waals surface area contributed by atoms with E-state index in [1.807, 2.05) is 6.07 Å². The van der Waals surface area contributed by atoms with Crippen molar-refractivity contribution in [3.63, 3.8) is 0 Å². The third-order valence-corrected chi connectivity index (χ3v) is 5.84. The highest BCUT2D eigenvalue weighted by molar-refractivity contribution is 6.09. The highest BCUT2D eigenvalue weighted by Crippen LogP contribution is 2.37. The SMILES string of the molecule is CN=CC(=CN)c1cc(F)cc(CNC(=O)c2nccc3c2NC(C2CCCC2)N3)c1. The minimum Gasteiger partial charge on any atom is -0.404 e. The molecule has 2 heterocycles. The molecule has 0 radical (unpaired) electrons. The van der Waals surface area contributed by atoms with Gasteiger partial charge >= 0.3 is 0 Å². The number of nitrogens with two attached hydrogens (primary N) is 1. The summed E-state index contributed by atoms with van der Waals surface area (Å²) in [6.45, 7) is 0.162. The fraction of sp³-hybridized carbons (Fsp3) is 0.348. The maximum absolute atomic E-state index is 14.1. The maximum Gasteiger partial charge on any atom is 0.272 e. The number of anilines is 2. The van der Waals surface area contributed by atoms with E-state index in [0.29, 0.717) is 28.3 Å². The van der Waals surface area contributed by atoms with Crippen LogP contribution >= 0.6 is 0 Å². The van der Waals surface area contributed by atoms with E-state index in [0.717, 1.165) is 11.4 Å². The highest BCUT2D eigenvalue weighted by atomic mass is 19.1. The Bertz CT molecular complexity index is 1030. The van der Waals surface area contributed by atoms with Crippen molar-refractivity contribution in [2.75, 3.05) is 17.7 Å². The number of carbonyl (C=O) groups excluding carboxylic acids is 1. The van der Waals surface area contributed by atoms with Crippen LogP contribution < -0.4 is 21.7 Å². The van der Waals surface area contributed by atoms with Gasteiger partial charge in [-0.15, -0.1) is 0 Å². The smallest absolute Gasteiger partial charge is 0.272 e. The number of amides is 1. The normalized spacial score (nSPS) is 18.6. The van der Waals surface area contributed by atoms with Gasteiger partial charge in [0.05, 0.1) is 17.5 Å². The van der Waals surface area contributed by atoms with E-state index < -0.39 is 5.82 Å². The van der Waals surface area contributed by atoms with Gasteiger partial charge in [-0.3, -0.25) is 9.79 Å². The molecule has 1 saturated carbocycles. The fourth-order valence-corrected chi connectivity index (χ4v) is 4.32. The summed E-state index contributed by atoms with van der Waals surface area (Å²) in [7, 11) is 1.62. The Morgan fingerprint density at radius 1 is 1.32 bits per heavy atom. The number of nitrogens with one attached hydrogen (secondary N) is 3. The molecule has 0 spiro atoms. The molecule has 8 heteroatoms. The molecule has 1 amide bonds. The van der Waals surface area contributed by atoms with E-state index in [1.165, 1.54) is 44.0 Å². The minimum absolute atomic E-state index is 0.126. The van der Waals surface area contributed by atoms with E-state index >= 15 is 0 Å². The summed E-state index contributed by atoms with van der Waals surface area (Å²) in [5.74, 6) is -0.172. The van der Waals surface area contributed by atoms with Crippen LogP contribution in [0.1, 0.15) is 47.3 Å². The number of benzene rings is 1. The van der Waals surface area contributed by atoms with Gasteiger partial charge in [-0.05, 0) is 54.2 Å². The number of rotatable bonds is 6. The molecule has 1 unspecified atom stereocenters. The maximum atomic E-state index is 14.1. The van der Waals surface area contributed by atoms with Crippen molar-refractivity contribution >= 4 is 29.1 Å². The molecule has 0 saturated heterocycles. The summed E-state index contributed by atoms with van der Waals surface area (Å²) in [6.07, 6.45) is 9.53. The summed E-state index contributed by atoms with van der Waals surface area (Å²) in [5.41, 5.74) is 9.40. The minimum atomic E-state index is -0.408. The topological polar surface area (TPSA) is 104 Å². The van der Waals surface area contributed by atoms with E-state index in [4.69, 9.17) is 5.73 Å². The number of aromatic nitrogens is 1. The number of pyridine rings is 1. The molecule has 162 valence electrons. The molecule has 1 fully saturated rings. The summed E-state index contributed by atoms with van der Waals surface area (Å²) < 4.78 is 14.1. The molecule has 5 N–H and O–H groups in total. The lowest BCUT2D eigenvalue weighted by Gasteiger charge is -2.19. The largest absolute Gasteiger partial charge is 0.404 e. The van der Waals surface area contributed by atoms with Crippen LogP contribution in [0.2, 0.25) is 0 Å². The van der Waals surface area contributed by atoms with Crippen molar-refractivity contribution in [3.05, 3.63) is 59.3 Å². The van der Waals surface area contributed by atoms with Gasteiger partial charge < -0.3 is 21.7 Å². The molecule has 2 aromatic rings. The molecule has 1 aromatic carbocycles. The van der Waals surface area contributed by atoms with E-state index in [1.54, 1.807) is 25.5 Å². The molecule has 1 atom stereocenters. The monoisotopic (exact) mass is 422 g/mol. The van der Waals surface area contributed by atoms with Crippen molar-refractivity contribution in [1.29, 1.82) is 0 Å². The Morgan fingerprint density at radius 3 is 2.87 bits per heavy atom. The van der Waals surface area contributed by atoms with Crippen molar-refractivity contribution in [2.45, 2.75) is 38.4 Å². The summed E-state index contributed by atoms with van der Waals surface area (Å²) in [5, 5.41) is 9.78. The first-order chi connectivity index (χ1) is 15.1. The Hall–Kier alpha value is -3.42. The van der Waals surface area contributed by atoms with Crippen LogP contribution in [0.25, 0.3) is 5.57 Å². The Labute approximate surface area is 181 Å². The lowest BCUT2D eigenvalue weighted by molar-refractivity contribution is 0.0947. The quantitative estimate of drug-likeness (QED) is 0.534. The van der Waals surface area contributed by atoms with Gasteiger partial charge in [-0.2, -0.15) is 0 Å². The first kappa shape index (κ1) is 20.8. The molecular weight excluding hydrogens is 395 g/mol. The number of hydrogen-bond acceptors (Lipinski definition) is 6. The average Bonchev–Trinajstić information content (AvgIpc) is 3.44. The average molecular weight is 423 g/mol. The summed E-state index contributed by atoms with van der Waals surface area (Å²) >= 11 is 0. The van der Waals surface area contributed by atoms with Gasteiger partial charge in [-0.1, -0.05) is 12.8 Å². The number of halogens is 1. The zero-order valence-electron chi connectivity index (χ0n) is 17.5. The lowest BCUT2D eigenvalue weighted by atomic mass is 10.0. The van der Waals surface area contributed by atoms with Crippen LogP contribution in [0.15, 0.2) is 41.7 Å². The zero-order valence-corrected chi connectivity index (χ0v) is 17.5. The predicted molar refractivity (Wildman–Crippen MR) is 121 cm³/mol. The molecule has 2 aliphatic rings. The van der Waals surface area contributed by atoms with Crippen LogP contribution in [-0.4, -0.2) is 30.3 Å². The number of fused-ring (bicyclic) bond motifs is 1. The van der Waals surface area contributed by atoms with Crippen LogP contribution in [0, 0.1) is 11.7 Å². The lowest BCUT2D eigenvalue weighted by Crippen LogP contribution is -2.30. The first-order valence-corrected chi connectivity index (χ1v) is 10.5. The second-order valence-electron chi connectivity index (χ2n) is 7.93. The van der Waals surface area contributed by atoms with Gasteiger partial charge in [0.15, 0.2) is 5.69 Å². The molecule has 31 heavy (non-hydrogen) atoms. The van der Waals surface area contributed by atoms with Crippen molar-refractivity contribution < 1.29 is 9.18 Å². The molecule has 1 aromatic heterocycles. The fourth-order valence-electron chi connectivity index (χ4n) is 4.32. The third-order valence-electron chi connectivity index (χ3n) is 5.84. The van der Waals surface area contributed by atoms with Gasteiger partial charge in [-0.25, -0.2) is 9.37 Å². The van der Waals surface area contributed by atoms with Gasteiger partial charge in [0.25, 0.3) is 5.91 Å². The Balaban J connectivity index is 1.47. The molecule has 1 aliphatic heterocycles. The summed E-state index contributed by atoms with van der Waals surface area (Å²) in [4.78, 5) is 21.1. The van der Waals surface area contributed by atoms with Gasteiger partial charge in [0.2, 0.25) is 0 Å². The number of aliphatic imine (C=N–C) groups is 1. The molecule has 7 nitrogen and oxygen atoms in total. The molecule has 1 aliphatic carbocycles. The van der Waals surface area contributed by atoms with E-state index in [9.17, 15) is 9.18 Å². The second-order valence-corrected chi connectivity index (χ2v) is 7.93. The van der Waals surface area contributed by atoms with E-state index in [-0.39, 0.29) is 18.6 Å². The standard InChI is InChI=1S/C23H27FN6O/c1-26-13-17(11-25)16-8-14(9-18(24)10-16)12-28-23(31)21-20-19(6-7-27-21)29-22(30-20)15-4-2-3-5-15/h6-11,13,15,22,29-30H,2-5,12,25H2,1H3,(H,28,31). The second kappa shape index (κ2) is 9.16. The summed E-state index contributed by atoms with van der Waals surface area (Å²) in [6, 6.07) is 6.43. The van der Waals surface area contributed by atoms with Crippen LogP contribution in [0.3, 0.4) is 0 Å². The third kappa shape index (κ3) is 4.52. The zero-order chi connectivity index (χ0) is 21.8. The number of allylic oxidation sites excluding steroid dienone is 1. The molecule has 0 bridgehead atoms. The van der Waals surface area contributed by atoms with Gasteiger partial charge in [0, 0.05) is 37.8 Å². The molecular formula is C23H27FN6O. The van der Waals surface area contributed by atoms with E-state index in [2.05, 4.69) is 25.9 Å². The molecule has 4 rings (SSSR count). The van der Waals surface area contributed by atoms with Crippen LogP contribution in [-0.2, 0) is 6.54 Å². The predicted octanol–water partition coefficient (Wildman–Crippen LogP) is 3.50. The number of nitrogens with zero attached hydrogens (tertiary/aromatic N) is 2. The van der Waals surface area contributed by atoms with Gasteiger partial charge in [0.1, 0.15) is 5.82 Å². The number of carbonyl (C=O) groups is 1. The van der Waals surface area contributed by atoms with Crippen LogP contribution in [0.5, 0.6) is 0 Å². The highest BCUT2D eigenvalue weighted by Gasteiger charge is 2.32.